The van der Waals surface area contributed by atoms with Gasteiger partial charge in [-0.25, -0.2) is 4.98 Å². The fraction of sp³-hybridized carbons (Fsp3) is 0.222. The monoisotopic (exact) mass is 360 g/mol. The minimum Gasteiger partial charge on any atom is -0.319 e. The predicted octanol–water partition coefficient (Wildman–Crippen LogP) is 4.90. The number of allylic oxidation sites excluding steroid dienone is 4. The number of halogens is 1. The van der Waals surface area contributed by atoms with Crippen molar-refractivity contribution in [3.05, 3.63) is 56.9 Å². The second kappa shape index (κ2) is 10.6. The van der Waals surface area contributed by atoms with Crippen LogP contribution in [0.5, 0.6) is 0 Å². The van der Waals surface area contributed by atoms with Gasteiger partial charge in [-0.2, -0.15) is 0 Å². The molecule has 2 rings (SSSR count). The third-order valence-corrected chi connectivity index (χ3v) is 2.77. The Morgan fingerprint density at radius 1 is 1.27 bits per heavy atom. The maximum atomic E-state index is 12.0. The number of nitrogens with zero attached hydrogens (tertiary/aromatic N) is 1. The van der Waals surface area contributed by atoms with Crippen LogP contribution in [0.1, 0.15) is 33.4 Å². The molecule has 116 valence electrons. The van der Waals surface area contributed by atoms with Crippen LogP contribution in [0.2, 0.25) is 0 Å². The van der Waals surface area contributed by atoms with E-state index in [1.54, 1.807) is 0 Å². The minimum absolute atomic E-state index is 0.174. The summed E-state index contributed by atoms with van der Waals surface area (Å²) in [6.45, 7) is 7.80. The molecule has 1 aromatic heterocycles. The summed E-state index contributed by atoms with van der Waals surface area (Å²) >= 11 is 3.37. The Kier molecular flexibility index (Phi) is 9.56. The van der Waals surface area contributed by atoms with Gasteiger partial charge in [-0.05, 0) is 36.5 Å². The molecule has 0 atom stereocenters. The molecule has 0 saturated heterocycles. The van der Waals surface area contributed by atoms with E-state index in [1.807, 2.05) is 64.1 Å². The SMILES string of the molecule is C#C.C/C=C(\C=C(/C)Br)c1nc2ccccc2[nH]c1=O.CC. The zero-order valence-corrected chi connectivity index (χ0v) is 14.9. The van der Waals surface area contributed by atoms with Crippen LogP contribution in [-0.2, 0) is 0 Å². The summed E-state index contributed by atoms with van der Waals surface area (Å²) in [4.78, 5) is 19.3. The Balaban J connectivity index is 0.00000102. The molecular weight excluding hydrogens is 340 g/mol. The average Bonchev–Trinajstić information content (AvgIpc) is 2.55. The van der Waals surface area contributed by atoms with Crippen LogP contribution in [0.25, 0.3) is 16.6 Å². The van der Waals surface area contributed by atoms with Crippen molar-refractivity contribution < 1.29 is 0 Å². The van der Waals surface area contributed by atoms with Crippen molar-refractivity contribution in [1.82, 2.24) is 9.97 Å². The maximum Gasteiger partial charge on any atom is 0.274 e. The topological polar surface area (TPSA) is 45.8 Å². The molecule has 0 aliphatic carbocycles. The number of benzene rings is 1. The summed E-state index contributed by atoms with van der Waals surface area (Å²) in [7, 11) is 0. The van der Waals surface area contributed by atoms with Crippen molar-refractivity contribution in [3.8, 4) is 12.8 Å². The van der Waals surface area contributed by atoms with Gasteiger partial charge in [0.1, 0.15) is 5.69 Å². The molecule has 4 heteroatoms. The van der Waals surface area contributed by atoms with Crippen LogP contribution in [0, 0.1) is 12.8 Å². The number of hydrogen-bond acceptors (Lipinski definition) is 2. The lowest BCUT2D eigenvalue weighted by molar-refractivity contribution is 1.18. The molecule has 0 saturated carbocycles. The van der Waals surface area contributed by atoms with Crippen molar-refractivity contribution in [3.63, 3.8) is 0 Å². The number of para-hydroxylation sites is 2. The van der Waals surface area contributed by atoms with Gasteiger partial charge >= 0.3 is 0 Å². The standard InChI is InChI=1S/C14H13BrN2O.C2H6.C2H2/c1-3-10(8-9(2)15)13-14(18)17-12-7-5-4-6-11(12)16-13;2*1-2/h3-8H,1-2H3,(H,17,18);1-2H3;1-2H/b9-8+,10-3+;;. The van der Waals surface area contributed by atoms with E-state index in [1.165, 1.54) is 0 Å². The molecule has 0 spiro atoms. The number of rotatable bonds is 2. The van der Waals surface area contributed by atoms with Gasteiger partial charge in [0, 0.05) is 5.57 Å². The van der Waals surface area contributed by atoms with Crippen LogP contribution < -0.4 is 5.56 Å². The molecule has 3 nitrogen and oxygen atoms in total. The van der Waals surface area contributed by atoms with Gasteiger partial charge in [0.25, 0.3) is 5.56 Å². The first-order valence-corrected chi connectivity index (χ1v) is 7.74. The van der Waals surface area contributed by atoms with Crippen LogP contribution >= 0.6 is 15.9 Å². The lowest BCUT2D eigenvalue weighted by Crippen LogP contribution is -2.14. The summed E-state index contributed by atoms with van der Waals surface area (Å²) in [5, 5.41) is 0. The van der Waals surface area contributed by atoms with Crippen molar-refractivity contribution in [1.29, 1.82) is 0 Å². The lowest BCUT2D eigenvalue weighted by Gasteiger charge is -2.03. The van der Waals surface area contributed by atoms with E-state index >= 15 is 0 Å². The fourth-order valence-electron chi connectivity index (χ4n) is 1.73. The molecule has 1 N–H and O–H groups in total. The van der Waals surface area contributed by atoms with Crippen molar-refractivity contribution in [2.45, 2.75) is 27.7 Å². The molecule has 0 fully saturated rings. The Morgan fingerprint density at radius 3 is 2.41 bits per heavy atom. The second-order valence-corrected chi connectivity index (χ2v) is 5.16. The van der Waals surface area contributed by atoms with Gasteiger partial charge in [-0.15, -0.1) is 12.8 Å². The van der Waals surface area contributed by atoms with Crippen molar-refractivity contribution in [2.75, 3.05) is 0 Å². The highest BCUT2D eigenvalue weighted by Crippen LogP contribution is 2.16. The average molecular weight is 361 g/mol. The molecule has 0 bridgehead atoms. The number of terminal acetylenes is 1. The van der Waals surface area contributed by atoms with Gasteiger partial charge in [0.05, 0.1) is 11.0 Å². The Morgan fingerprint density at radius 2 is 1.86 bits per heavy atom. The Hall–Kier alpha value is -2.12. The Labute approximate surface area is 140 Å². The largest absolute Gasteiger partial charge is 0.319 e. The molecule has 0 amide bonds. The highest BCUT2D eigenvalue weighted by molar-refractivity contribution is 9.11. The molecule has 1 heterocycles. The van der Waals surface area contributed by atoms with E-state index in [0.29, 0.717) is 5.69 Å². The van der Waals surface area contributed by atoms with Crippen LogP contribution in [0.15, 0.2) is 45.7 Å². The number of H-pyrrole nitrogens is 1. The molecule has 22 heavy (non-hydrogen) atoms. The predicted molar refractivity (Wildman–Crippen MR) is 99.9 cm³/mol. The zero-order valence-electron chi connectivity index (χ0n) is 13.4. The third-order valence-electron chi connectivity index (χ3n) is 2.54. The van der Waals surface area contributed by atoms with E-state index in [4.69, 9.17) is 0 Å². The summed E-state index contributed by atoms with van der Waals surface area (Å²) in [6.07, 6.45) is 11.8. The lowest BCUT2D eigenvalue weighted by atomic mass is 10.1. The van der Waals surface area contributed by atoms with Crippen molar-refractivity contribution in [2.24, 2.45) is 0 Å². The van der Waals surface area contributed by atoms with E-state index in [0.717, 1.165) is 21.1 Å². The molecule has 0 unspecified atom stereocenters. The van der Waals surface area contributed by atoms with Gasteiger partial charge in [-0.3, -0.25) is 4.79 Å². The Bertz CT molecular complexity index is 735. The first kappa shape index (κ1) is 19.9. The first-order chi connectivity index (χ1) is 10.6. The third kappa shape index (κ3) is 5.34. The van der Waals surface area contributed by atoms with E-state index < -0.39 is 0 Å². The van der Waals surface area contributed by atoms with E-state index in [9.17, 15) is 4.79 Å². The van der Waals surface area contributed by atoms with Gasteiger partial charge in [0.2, 0.25) is 0 Å². The number of aromatic amines is 1. The smallest absolute Gasteiger partial charge is 0.274 e. The first-order valence-electron chi connectivity index (χ1n) is 6.94. The second-order valence-electron chi connectivity index (χ2n) is 3.91. The van der Waals surface area contributed by atoms with Gasteiger partial charge < -0.3 is 4.98 Å². The normalized spacial score (nSPS) is 11.0. The van der Waals surface area contributed by atoms with Crippen LogP contribution in [0.4, 0.5) is 0 Å². The van der Waals surface area contributed by atoms with Crippen molar-refractivity contribution >= 4 is 32.5 Å². The number of aromatic nitrogens is 2. The van der Waals surface area contributed by atoms with Gasteiger partial charge in [-0.1, -0.05) is 48.0 Å². The number of nitrogens with one attached hydrogen (secondary N) is 1. The van der Waals surface area contributed by atoms with Crippen LogP contribution in [-0.4, -0.2) is 9.97 Å². The summed E-state index contributed by atoms with van der Waals surface area (Å²) in [5.41, 5.74) is 2.60. The van der Waals surface area contributed by atoms with E-state index in [-0.39, 0.29) is 5.56 Å². The fourth-order valence-corrected chi connectivity index (χ4v) is 1.97. The summed E-state index contributed by atoms with van der Waals surface area (Å²) in [5.74, 6) is 0. The molecule has 0 aliphatic rings. The number of hydrogen-bond donors (Lipinski definition) is 1. The maximum absolute atomic E-state index is 12.0. The molecule has 0 radical (unpaired) electrons. The minimum atomic E-state index is -0.174. The highest BCUT2D eigenvalue weighted by Gasteiger charge is 2.07. The zero-order chi connectivity index (χ0) is 17.1. The summed E-state index contributed by atoms with van der Waals surface area (Å²) < 4.78 is 0.949. The highest BCUT2D eigenvalue weighted by atomic mass is 79.9. The van der Waals surface area contributed by atoms with E-state index in [2.05, 4.69) is 38.7 Å². The van der Waals surface area contributed by atoms with Gasteiger partial charge in [0.15, 0.2) is 0 Å². The number of fused-ring (bicyclic) bond motifs is 1. The summed E-state index contributed by atoms with van der Waals surface area (Å²) in [6, 6.07) is 7.50. The molecule has 1 aromatic carbocycles. The van der Waals surface area contributed by atoms with Crippen LogP contribution in [0.3, 0.4) is 0 Å². The molecule has 2 aromatic rings. The molecule has 0 aliphatic heterocycles. The quantitative estimate of drug-likeness (QED) is 0.611. The molecular formula is C18H21BrN2O.